The number of rotatable bonds is 4. The van der Waals surface area contributed by atoms with Crippen LogP contribution in [0.2, 0.25) is 0 Å². The first-order chi connectivity index (χ1) is 6.72. The van der Waals surface area contributed by atoms with Crippen molar-refractivity contribution >= 4 is 33.8 Å². The molecule has 0 spiro atoms. The number of hydrazine groups is 1. The summed E-state index contributed by atoms with van der Waals surface area (Å²) in [5.41, 5.74) is 6.70. The van der Waals surface area contributed by atoms with Crippen LogP contribution >= 0.6 is 23.6 Å². The number of thiocarbonyl (C=S) groups is 1. The fourth-order valence-electron chi connectivity index (χ4n) is 0.731. The van der Waals surface area contributed by atoms with Crippen LogP contribution < -0.4 is 16.2 Å². The van der Waals surface area contributed by atoms with Crippen molar-refractivity contribution in [2.75, 3.05) is 12.0 Å². The van der Waals surface area contributed by atoms with Gasteiger partial charge in [0.2, 0.25) is 5.13 Å². The molecule has 0 fully saturated rings. The average Bonchev–Trinajstić information content (AvgIpc) is 2.58. The Labute approximate surface area is 92.4 Å². The van der Waals surface area contributed by atoms with E-state index < -0.39 is 0 Å². The van der Waals surface area contributed by atoms with Gasteiger partial charge in [0, 0.05) is 11.9 Å². The summed E-state index contributed by atoms with van der Waals surface area (Å²) >= 11 is 6.49. The zero-order valence-corrected chi connectivity index (χ0v) is 9.47. The summed E-state index contributed by atoms with van der Waals surface area (Å²) in [4.78, 5) is 4.20. The largest absolute Gasteiger partial charge is 0.358 e. The summed E-state index contributed by atoms with van der Waals surface area (Å²) < 4.78 is 0. The van der Waals surface area contributed by atoms with Crippen LogP contribution in [0.5, 0.6) is 0 Å². The molecule has 6 heteroatoms. The zero-order chi connectivity index (χ0) is 10.4. The van der Waals surface area contributed by atoms with Crippen LogP contribution in [0.3, 0.4) is 0 Å². The predicted octanol–water partition coefficient (Wildman–Crippen LogP) is 1.43. The summed E-state index contributed by atoms with van der Waals surface area (Å²) in [5.74, 6) is 0. The number of hydrogen-bond donors (Lipinski definition) is 3. The summed E-state index contributed by atoms with van der Waals surface area (Å²) in [6.07, 6.45) is 1.74. The SMILES string of the molecule is C=CCNC(=S)NNc1nc(C)cs1. The monoisotopic (exact) mass is 228 g/mol. The first-order valence-corrected chi connectivity index (χ1v) is 5.34. The first kappa shape index (κ1) is 10.9. The summed E-state index contributed by atoms with van der Waals surface area (Å²) in [6, 6.07) is 0. The molecule has 0 saturated carbocycles. The lowest BCUT2D eigenvalue weighted by Gasteiger charge is -2.08. The lowest BCUT2D eigenvalue weighted by molar-refractivity contribution is 0.975. The van der Waals surface area contributed by atoms with Crippen molar-refractivity contribution in [3.05, 3.63) is 23.7 Å². The molecule has 1 aromatic heterocycles. The van der Waals surface area contributed by atoms with Gasteiger partial charge in [-0.1, -0.05) is 6.08 Å². The molecule has 0 aromatic carbocycles. The minimum Gasteiger partial charge on any atom is -0.358 e. The highest BCUT2D eigenvalue weighted by Crippen LogP contribution is 2.12. The van der Waals surface area contributed by atoms with Crippen LogP contribution in [0.1, 0.15) is 5.69 Å². The molecule has 0 radical (unpaired) electrons. The Hall–Kier alpha value is -1.14. The van der Waals surface area contributed by atoms with E-state index in [4.69, 9.17) is 12.2 Å². The van der Waals surface area contributed by atoms with Gasteiger partial charge in [0.1, 0.15) is 0 Å². The molecule has 0 bridgehead atoms. The van der Waals surface area contributed by atoms with Crippen molar-refractivity contribution < 1.29 is 0 Å². The van der Waals surface area contributed by atoms with E-state index in [9.17, 15) is 0 Å². The van der Waals surface area contributed by atoms with Crippen LogP contribution in [0.25, 0.3) is 0 Å². The third-order valence-electron chi connectivity index (χ3n) is 1.31. The lowest BCUT2D eigenvalue weighted by atomic mass is 10.6. The fraction of sp³-hybridized carbons (Fsp3) is 0.250. The van der Waals surface area contributed by atoms with E-state index in [0.717, 1.165) is 10.8 Å². The molecule has 0 amide bonds. The van der Waals surface area contributed by atoms with E-state index in [1.807, 2.05) is 12.3 Å². The standard InChI is InChI=1S/C8H12N4S2/c1-3-4-9-7(13)11-12-8-10-6(2)5-14-8/h3,5H,1,4H2,2H3,(H,10,12)(H2,9,11,13). The Kier molecular flexibility index (Phi) is 4.34. The number of thiazole rings is 1. The first-order valence-electron chi connectivity index (χ1n) is 4.05. The molecule has 4 nitrogen and oxygen atoms in total. The highest BCUT2D eigenvalue weighted by atomic mass is 32.1. The number of nitrogens with zero attached hydrogens (tertiary/aromatic N) is 1. The Morgan fingerprint density at radius 2 is 2.57 bits per heavy atom. The normalized spacial score (nSPS) is 9.21. The van der Waals surface area contributed by atoms with Crippen molar-refractivity contribution in [2.45, 2.75) is 6.92 Å². The maximum atomic E-state index is 4.97. The van der Waals surface area contributed by atoms with Crippen LogP contribution in [-0.2, 0) is 0 Å². The molecule has 0 saturated heterocycles. The van der Waals surface area contributed by atoms with Crippen molar-refractivity contribution in [1.82, 2.24) is 15.7 Å². The highest BCUT2D eigenvalue weighted by Gasteiger charge is 1.97. The second kappa shape index (κ2) is 5.56. The maximum Gasteiger partial charge on any atom is 0.201 e. The van der Waals surface area contributed by atoms with Crippen molar-refractivity contribution in [3.63, 3.8) is 0 Å². The van der Waals surface area contributed by atoms with E-state index in [2.05, 4.69) is 27.7 Å². The Morgan fingerprint density at radius 3 is 3.14 bits per heavy atom. The Bertz CT molecular complexity index is 321. The number of nitrogens with one attached hydrogen (secondary N) is 3. The van der Waals surface area contributed by atoms with Gasteiger partial charge in [-0.3, -0.25) is 10.9 Å². The molecular formula is C8H12N4S2. The van der Waals surface area contributed by atoms with E-state index in [1.54, 1.807) is 6.08 Å². The molecule has 0 aliphatic carbocycles. The zero-order valence-electron chi connectivity index (χ0n) is 7.83. The predicted molar refractivity (Wildman–Crippen MR) is 64.4 cm³/mol. The third kappa shape index (κ3) is 3.71. The van der Waals surface area contributed by atoms with Gasteiger partial charge in [0.15, 0.2) is 5.11 Å². The number of aryl methyl sites for hydroxylation is 1. The maximum absolute atomic E-state index is 4.97. The molecule has 0 unspecified atom stereocenters. The van der Waals surface area contributed by atoms with Crippen LogP contribution in [0, 0.1) is 6.92 Å². The fourth-order valence-corrected chi connectivity index (χ4v) is 1.51. The summed E-state index contributed by atoms with van der Waals surface area (Å²) in [6.45, 7) is 6.16. The van der Waals surface area contributed by atoms with Crippen LogP contribution in [-0.4, -0.2) is 16.6 Å². The van der Waals surface area contributed by atoms with E-state index in [-0.39, 0.29) is 0 Å². The molecule has 0 atom stereocenters. The van der Waals surface area contributed by atoms with Crippen LogP contribution in [0.4, 0.5) is 5.13 Å². The Morgan fingerprint density at radius 1 is 1.79 bits per heavy atom. The lowest BCUT2D eigenvalue weighted by Crippen LogP contribution is -2.38. The van der Waals surface area contributed by atoms with E-state index in [0.29, 0.717) is 11.7 Å². The van der Waals surface area contributed by atoms with Gasteiger partial charge in [0.05, 0.1) is 5.69 Å². The molecule has 1 heterocycles. The molecule has 1 aromatic rings. The topological polar surface area (TPSA) is 49.0 Å². The minimum atomic E-state index is 0.526. The van der Waals surface area contributed by atoms with Gasteiger partial charge in [-0.25, -0.2) is 4.98 Å². The third-order valence-corrected chi connectivity index (χ3v) is 2.43. The van der Waals surface area contributed by atoms with E-state index in [1.165, 1.54) is 11.3 Å². The van der Waals surface area contributed by atoms with Gasteiger partial charge in [-0.2, -0.15) is 0 Å². The molecule has 0 aliphatic rings. The number of hydrogen-bond acceptors (Lipinski definition) is 4. The second-order valence-electron chi connectivity index (χ2n) is 2.54. The average molecular weight is 228 g/mol. The molecular weight excluding hydrogens is 216 g/mol. The van der Waals surface area contributed by atoms with Crippen molar-refractivity contribution in [2.24, 2.45) is 0 Å². The molecule has 14 heavy (non-hydrogen) atoms. The van der Waals surface area contributed by atoms with E-state index >= 15 is 0 Å². The summed E-state index contributed by atoms with van der Waals surface area (Å²) in [5, 5.41) is 6.21. The van der Waals surface area contributed by atoms with Crippen molar-refractivity contribution in [3.8, 4) is 0 Å². The van der Waals surface area contributed by atoms with Crippen molar-refractivity contribution in [1.29, 1.82) is 0 Å². The van der Waals surface area contributed by atoms with Gasteiger partial charge >= 0.3 is 0 Å². The van der Waals surface area contributed by atoms with Gasteiger partial charge in [-0.15, -0.1) is 17.9 Å². The van der Waals surface area contributed by atoms with Gasteiger partial charge < -0.3 is 5.32 Å². The molecule has 1 rings (SSSR count). The number of aromatic nitrogens is 1. The van der Waals surface area contributed by atoms with Gasteiger partial charge in [0.25, 0.3) is 0 Å². The Balaban J connectivity index is 2.26. The molecule has 3 N–H and O–H groups in total. The molecule has 0 aliphatic heterocycles. The highest BCUT2D eigenvalue weighted by molar-refractivity contribution is 7.80. The quantitative estimate of drug-likeness (QED) is 0.413. The van der Waals surface area contributed by atoms with Gasteiger partial charge in [-0.05, 0) is 19.1 Å². The summed E-state index contributed by atoms with van der Waals surface area (Å²) in [7, 11) is 0. The second-order valence-corrected chi connectivity index (χ2v) is 3.81. The van der Waals surface area contributed by atoms with Crippen LogP contribution in [0.15, 0.2) is 18.0 Å². The smallest absolute Gasteiger partial charge is 0.201 e. The minimum absolute atomic E-state index is 0.526. The molecule has 76 valence electrons. The number of anilines is 1.